The summed E-state index contributed by atoms with van der Waals surface area (Å²) in [6.45, 7) is 7.21. The van der Waals surface area contributed by atoms with Crippen LogP contribution in [0.5, 0.6) is 5.75 Å². The number of aromatic hydroxyl groups is 1. The van der Waals surface area contributed by atoms with E-state index < -0.39 is 0 Å². The average Bonchev–Trinajstić information content (AvgIpc) is 2.41. The number of hydrogen-bond donors (Lipinski definition) is 2. The smallest absolute Gasteiger partial charge is 0.120 e. The summed E-state index contributed by atoms with van der Waals surface area (Å²) in [5, 5.41) is 9.99. The van der Waals surface area contributed by atoms with Crippen molar-refractivity contribution in [3.05, 3.63) is 29.3 Å². The van der Waals surface area contributed by atoms with Crippen LogP contribution in [0.3, 0.4) is 0 Å². The van der Waals surface area contributed by atoms with Gasteiger partial charge in [-0.1, -0.05) is 17.7 Å². The van der Waals surface area contributed by atoms with Gasteiger partial charge in [0.15, 0.2) is 0 Å². The first-order valence-electron chi connectivity index (χ1n) is 6.85. The van der Waals surface area contributed by atoms with Crippen LogP contribution in [0.4, 0.5) is 0 Å². The van der Waals surface area contributed by atoms with Crippen molar-refractivity contribution < 1.29 is 5.11 Å². The number of nitrogens with zero attached hydrogens (tertiary/aromatic N) is 1. The fraction of sp³-hybridized carbons (Fsp3) is 0.600. The van der Waals surface area contributed by atoms with Gasteiger partial charge in [0, 0.05) is 11.6 Å². The third-order valence-corrected chi connectivity index (χ3v) is 4.16. The quantitative estimate of drug-likeness (QED) is 0.863. The summed E-state index contributed by atoms with van der Waals surface area (Å²) >= 11 is 0. The molecule has 3 nitrogen and oxygen atoms in total. The molecule has 1 heterocycles. The largest absolute Gasteiger partial charge is 0.508 e. The number of hydrogen-bond acceptors (Lipinski definition) is 3. The SMILES string of the molecule is Cc1ccc(O)c(C(C)N2CCC(CN)CC2)c1. The van der Waals surface area contributed by atoms with Gasteiger partial charge in [-0.2, -0.15) is 0 Å². The molecule has 0 aromatic heterocycles. The molecule has 0 bridgehead atoms. The number of rotatable bonds is 3. The number of piperidine rings is 1. The van der Waals surface area contributed by atoms with Gasteiger partial charge in [-0.25, -0.2) is 0 Å². The molecule has 100 valence electrons. The normalized spacial score (nSPS) is 19.9. The van der Waals surface area contributed by atoms with Crippen LogP contribution in [0.25, 0.3) is 0 Å². The van der Waals surface area contributed by atoms with E-state index in [4.69, 9.17) is 5.73 Å². The van der Waals surface area contributed by atoms with E-state index in [1.54, 1.807) is 6.07 Å². The van der Waals surface area contributed by atoms with E-state index in [1.165, 1.54) is 18.4 Å². The lowest BCUT2D eigenvalue weighted by molar-refractivity contribution is 0.142. The molecule has 1 fully saturated rings. The van der Waals surface area contributed by atoms with E-state index in [-0.39, 0.29) is 6.04 Å². The summed E-state index contributed by atoms with van der Waals surface area (Å²) in [5.41, 5.74) is 7.96. The Morgan fingerprint density at radius 3 is 2.67 bits per heavy atom. The van der Waals surface area contributed by atoms with Crippen molar-refractivity contribution in [1.82, 2.24) is 4.90 Å². The highest BCUT2D eigenvalue weighted by Gasteiger charge is 2.24. The third kappa shape index (κ3) is 2.85. The molecule has 1 atom stereocenters. The summed E-state index contributed by atoms with van der Waals surface area (Å²) in [6.07, 6.45) is 2.35. The number of benzene rings is 1. The fourth-order valence-corrected chi connectivity index (χ4v) is 2.78. The number of phenolic OH excluding ortho intramolecular Hbond substituents is 1. The first-order valence-corrected chi connectivity index (χ1v) is 6.85. The minimum atomic E-state index is 0.281. The average molecular weight is 248 g/mol. The van der Waals surface area contributed by atoms with Crippen molar-refractivity contribution in [2.24, 2.45) is 11.7 Å². The van der Waals surface area contributed by atoms with E-state index in [9.17, 15) is 5.11 Å². The molecule has 0 amide bonds. The highest BCUT2D eigenvalue weighted by Crippen LogP contribution is 2.31. The summed E-state index contributed by atoms with van der Waals surface area (Å²) in [7, 11) is 0. The molecule has 1 aliphatic heterocycles. The van der Waals surface area contributed by atoms with Crippen molar-refractivity contribution in [3.8, 4) is 5.75 Å². The van der Waals surface area contributed by atoms with Gasteiger partial charge in [0.05, 0.1) is 0 Å². The van der Waals surface area contributed by atoms with Crippen molar-refractivity contribution in [2.75, 3.05) is 19.6 Å². The molecule has 0 aliphatic carbocycles. The topological polar surface area (TPSA) is 49.5 Å². The van der Waals surface area contributed by atoms with Gasteiger partial charge in [-0.15, -0.1) is 0 Å². The van der Waals surface area contributed by atoms with Crippen molar-refractivity contribution in [2.45, 2.75) is 32.7 Å². The minimum absolute atomic E-state index is 0.281. The van der Waals surface area contributed by atoms with Gasteiger partial charge < -0.3 is 10.8 Å². The molecule has 1 aromatic carbocycles. The molecule has 0 radical (unpaired) electrons. The van der Waals surface area contributed by atoms with Gasteiger partial charge in [0.2, 0.25) is 0 Å². The Morgan fingerprint density at radius 1 is 1.39 bits per heavy atom. The van der Waals surface area contributed by atoms with Crippen molar-refractivity contribution >= 4 is 0 Å². The maximum Gasteiger partial charge on any atom is 0.120 e. The Morgan fingerprint density at radius 2 is 2.06 bits per heavy atom. The van der Waals surface area contributed by atoms with Crippen LogP contribution in [0.15, 0.2) is 18.2 Å². The highest BCUT2D eigenvalue weighted by atomic mass is 16.3. The van der Waals surface area contributed by atoms with Crippen LogP contribution < -0.4 is 5.73 Å². The molecule has 1 aliphatic rings. The molecular formula is C15H24N2O. The Kier molecular flexibility index (Phi) is 4.25. The van der Waals surface area contributed by atoms with Gasteiger partial charge in [-0.05, 0) is 58.3 Å². The summed E-state index contributed by atoms with van der Waals surface area (Å²) in [6, 6.07) is 6.12. The molecule has 2 rings (SSSR count). The van der Waals surface area contributed by atoms with E-state index in [1.807, 2.05) is 6.07 Å². The molecule has 18 heavy (non-hydrogen) atoms. The van der Waals surface area contributed by atoms with Gasteiger partial charge in [-0.3, -0.25) is 4.90 Å². The number of phenols is 1. The molecule has 3 heteroatoms. The Hall–Kier alpha value is -1.06. The number of nitrogens with two attached hydrogens (primary N) is 1. The molecule has 1 unspecified atom stereocenters. The van der Waals surface area contributed by atoms with Crippen LogP contribution >= 0.6 is 0 Å². The lowest BCUT2D eigenvalue weighted by Crippen LogP contribution is -2.37. The Bertz CT molecular complexity index is 397. The lowest BCUT2D eigenvalue weighted by Gasteiger charge is -2.36. The Labute approximate surface area is 110 Å². The van der Waals surface area contributed by atoms with Crippen LogP contribution in [0.2, 0.25) is 0 Å². The first kappa shape index (κ1) is 13.4. The van der Waals surface area contributed by atoms with Gasteiger partial charge >= 0.3 is 0 Å². The molecule has 1 aromatic rings. The van der Waals surface area contributed by atoms with Crippen molar-refractivity contribution in [3.63, 3.8) is 0 Å². The second kappa shape index (κ2) is 5.72. The fourth-order valence-electron chi connectivity index (χ4n) is 2.78. The van der Waals surface area contributed by atoms with Crippen LogP contribution in [0.1, 0.15) is 36.9 Å². The van der Waals surface area contributed by atoms with Gasteiger partial charge in [0.1, 0.15) is 5.75 Å². The van der Waals surface area contributed by atoms with E-state index in [0.717, 1.165) is 25.2 Å². The zero-order chi connectivity index (χ0) is 13.1. The third-order valence-electron chi connectivity index (χ3n) is 4.16. The first-order chi connectivity index (χ1) is 8.61. The predicted octanol–water partition coefficient (Wildman–Crippen LogP) is 2.43. The summed E-state index contributed by atoms with van der Waals surface area (Å²) < 4.78 is 0. The number of likely N-dealkylation sites (tertiary alicyclic amines) is 1. The second-order valence-corrected chi connectivity index (χ2v) is 5.45. The minimum Gasteiger partial charge on any atom is -0.508 e. The van der Waals surface area contributed by atoms with Gasteiger partial charge in [0.25, 0.3) is 0 Å². The van der Waals surface area contributed by atoms with E-state index >= 15 is 0 Å². The standard InChI is InChI=1S/C15H24N2O/c1-11-3-4-15(18)14(9-11)12(2)17-7-5-13(10-16)6-8-17/h3-4,9,12-13,18H,5-8,10,16H2,1-2H3. The molecular weight excluding hydrogens is 224 g/mol. The molecule has 0 spiro atoms. The maximum absolute atomic E-state index is 9.99. The Balaban J connectivity index is 2.07. The van der Waals surface area contributed by atoms with Crippen LogP contribution in [0, 0.1) is 12.8 Å². The predicted molar refractivity (Wildman–Crippen MR) is 74.6 cm³/mol. The summed E-state index contributed by atoms with van der Waals surface area (Å²) in [5.74, 6) is 1.09. The summed E-state index contributed by atoms with van der Waals surface area (Å²) in [4.78, 5) is 2.45. The zero-order valence-electron chi connectivity index (χ0n) is 11.4. The number of aryl methyl sites for hydroxylation is 1. The molecule has 0 saturated carbocycles. The lowest BCUT2D eigenvalue weighted by atomic mass is 9.94. The zero-order valence-corrected chi connectivity index (χ0v) is 11.4. The second-order valence-electron chi connectivity index (χ2n) is 5.45. The van der Waals surface area contributed by atoms with Crippen LogP contribution in [-0.2, 0) is 0 Å². The van der Waals surface area contributed by atoms with E-state index in [0.29, 0.717) is 11.7 Å². The highest BCUT2D eigenvalue weighted by molar-refractivity contribution is 5.37. The molecule has 1 saturated heterocycles. The van der Waals surface area contributed by atoms with E-state index in [2.05, 4.69) is 24.8 Å². The monoisotopic (exact) mass is 248 g/mol. The van der Waals surface area contributed by atoms with Crippen LogP contribution in [-0.4, -0.2) is 29.6 Å². The van der Waals surface area contributed by atoms with Crippen molar-refractivity contribution in [1.29, 1.82) is 0 Å². The maximum atomic E-state index is 9.99. The molecule has 3 N–H and O–H groups in total.